The van der Waals surface area contributed by atoms with Crippen LogP contribution in [0, 0.1) is 5.41 Å². The lowest BCUT2D eigenvalue weighted by atomic mass is 10.1. The van der Waals surface area contributed by atoms with Gasteiger partial charge in [-0.1, -0.05) is 12.1 Å². The second kappa shape index (κ2) is 10.5. The number of hydrogen-bond acceptors (Lipinski definition) is 10. The Labute approximate surface area is 214 Å². The van der Waals surface area contributed by atoms with E-state index in [1.54, 1.807) is 24.3 Å². The molecule has 2 saturated heterocycles. The van der Waals surface area contributed by atoms with Crippen LogP contribution in [-0.4, -0.2) is 90.4 Å². The monoisotopic (exact) mass is 508 g/mol. The van der Waals surface area contributed by atoms with E-state index in [0.29, 0.717) is 43.4 Å². The average molecular weight is 509 g/mol. The number of anilines is 2. The van der Waals surface area contributed by atoms with Gasteiger partial charge in [0.1, 0.15) is 0 Å². The van der Waals surface area contributed by atoms with Crippen LogP contribution >= 0.6 is 11.3 Å². The number of piperazine rings is 1. The largest absolute Gasteiger partial charge is 0.398 e. The molecule has 0 radical (unpaired) electrons. The summed E-state index contributed by atoms with van der Waals surface area (Å²) in [5.41, 5.74) is 14.7. The second-order valence-electron chi connectivity index (χ2n) is 9.24. The number of thiophene rings is 1. The minimum atomic E-state index is -0.460. The van der Waals surface area contributed by atoms with Crippen LogP contribution in [-0.2, 0) is 16.1 Å². The van der Waals surface area contributed by atoms with Gasteiger partial charge in [-0.25, -0.2) is 9.97 Å². The number of aromatic nitrogens is 2. The van der Waals surface area contributed by atoms with Gasteiger partial charge in [-0.2, -0.15) is 0 Å². The van der Waals surface area contributed by atoms with Gasteiger partial charge in [-0.05, 0) is 19.1 Å². The van der Waals surface area contributed by atoms with Crippen LogP contribution in [0.15, 0.2) is 24.3 Å². The number of nitrogens with two attached hydrogens (primary N) is 2. The Balaban J connectivity index is 1.46. The maximum atomic E-state index is 12.2. The molecule has 0 bridgehead atoms. The third-order valence-corrected chi connectivity index (χ3v) is 7.80. The van der Waals surface area contributed by atoms with Crippen LogP contribution < -0.4 is 16.4 Å². The third kappa shape index (κ3) is 4.92. The molecular weight excluding hydrogens is 476 g/mol. The van der Waals surface area contributed by atoms with E-state index >= 15 is 0 Å². The van der Waals surface area contributed by atoms with Crippen molar-refractivity contribution in [3.63, 3.8) is 0 Å². The number of rotatable bonds is 6. The Kier molecular flexibility index (Phi) is 7.15. The molecule has 1 amide bonds. The van der Waals surface area contributed by atoms with Crippen LogP contribution in [0.5, 0.6) is 0 Å². The van der Waals surface area contributed by atoms with Crippen molar-refractivity contribution in [2.45, 2.75) is 19.5 Å². The highest BCUT2D eigenvalue weighted by molar-refractivity contribution is 7.19. The number of nitrogens with zero attached hydrogens (tertiary/aromatic N) is 5. The van der Waals surface area contributed by atoms with Crippen LogP contribution in [0.1, 0.15) is 17.4 Å². The van der Waals surface area contributed by atoms with Crippen LogP contribution in [0.2, 0.25) is 0 Å². The average Bonchev–Trinajstić information content (AvgIpc) is 3.30. The molecule has 2 aromatic heterocycles. The lowest BCUT2D eigenvalue weighted by Gasteiger charge is -2.35. The number of hydrogen-bond donors (Lipinski definition) is 3. The topological polar surface area (TPSA) is 138 Å². The van der Waals surface area contributed by atoms with E-state index in [-0.39, 0.29) is 5.91 Å². The molecule has 2 aliphatic heterocycles. The quantitative estimate of drug-likeness (QED) is 0.338. The molecule has 10 nitrogen and oxygen atoms in total. The molecule has 190 valence electrons. The predicted molar refractivity (Wildman–Crippen MR) is 144 cm³/mol. The number of fused-ring (bicyclic) bond motifs is 1. The summed E-state index contributed by atoms with van der Waals surface area (Å²) in [4.78, 5) is 29.8. The van der Waals surface area contributed by atoms with Crippen LogP contribution in [0.25, 0.3) is 21.6 Å². The molecular formula is C25H32N8O2S. The molecule has 0 aliphatic carbocycles. The fraction of sp³-hybridized carbons (Fsp3) is 0.440. The number of benzene rings is 1. The number of carbonyl (C=O) groups is 1. The highest BCUT2D eigenvalue weighted by atomic mass is 32.1. The van der Waals surface area contributed by atoms with E-state index in [2.05, 4.69) is 15.9 Å². The van der Waals surface area contributed by atoms with E-state index in [1.165, 1.54) is 11.1 Å². The zero-order valence-corrected chi connectivity index (χ0v) is 21.3. The van der Waals surface area contributed by atoms with Gasteiger partial charge in [0, 0.05) is 73.7 Å². The lowest BCUT2D eigenvalue weighted by Crippen LogP contribution is -2.52. The first kappa shape index (κ1) is 24.6. The van der Waals surface area contributed by atoms with Crippen molar-refractivity contribution in [3.05, 3.63) is 34.7 Å². The number of ether oxygens (including phenoxy) is 1. The number of amides is 1. The fourth-order valence-corrected chi connectivity index (χ4v) is 5.88. The Bertz CT molecular complexity index is 1260. The van der Waals surface area contributed by atoms with Crippen LogP contribution in [0.3, 0.4) is 0 Å². The predicted octanol–water partition coefficient (Wildman–Crippen LogP) is 1.77. The highest BCUT2D eigenvalue weighted by Gasteiger charge is 2.25. The molecule has 36 heavy (non-hydrogen) atoms. The minimum absolute atomic E-state index is 0.0142. The van der Waals surface area contributed by atoms with Crippen molar-refractivity contribution in [1.82, 2.24) is 19.8 Å². The Hall–Kier alpha value is -3.12. The van der Waals surface area contributed by atoms with Crippen molar-refractivity contribution < 1.29 is 9.53 Å². The molecule has 2 aliphatic rings. The number of morpholine rings is 1. The zero-order chi connectivity index (χ0) is 25.2. The Morgan fingerprint density at radius 1 is 1.19 bits per heavy atom. The van der Waals surface area contributed by atoms with Crippen LogP contribution in [0.4, 0.5) is 11.5 Å². The van der Waals surface area contributed by atoms with E-state index in [1.807, 2.05) is 17.0 Å². The zero-order valence-electron chi connectivity index (χ0n) is 20.4. The summed E-state index contributed by atoms with van der Waals surface area (Å²) in [7, 11) is 0. The molecule has 11 heteroatoms. The first-order valence-corrected chi connectivity index (χ1v) is 13.1. The lowest BCUT2D eigenvalue weighted by molar-refractivity contribution is -0.134. The summed E-state index contributed by atoms with van der Waals surface area (Å²) < 4.78 is 6.63. The van der Waals surface area contributed by atoms with Gasteiger partial charge in [0.05, 0.1) is 29.5 Å². The number of nitrogen functional groups attached to an aromatic ring is 1. The van der Waals surface area contributed by atoms with Gasteiger partial charge in [0.2, 0.25) is 5.91 Å². The molecule has 1 atom stereocenters. The van der Waals surface area contributed by atoms with Gasteiger partial charge >= 0.3 is 0 Å². The normalized spacial score (nSPS) is 17.9. The van der Waals surface area contributed by atoms with Gasteiger partial charge in [0.25, 0.3) is 0 Å². The molecule has 0 spiro atoms. The fourth-order valence-electron chi connectivity index (χ4n) is 4.73. The number of nitrogens with one attached hydrogen (secondary N) is 1. The van der Waals surface area contributed by atoms with Crippen molar-refractivity contribution in [3.8, 4) is 11.4 Å². The third-order valence-electron chi connectivity index (χ3n) is 6.69. The van der Waals surface area contributed by atoms with Crippen molar-refractivity contribution in [1.29, 1.82) is 5.41 Å². The Morgan fingerprint density at radius 3 is 2.64 bits per heavy atom. The van der Waals surface area contributed by atoms with E-state index in [9.17, 15) is 4.79 Å². The second-order valence-corrected chi connectivity index (χ2v) is 10.4. The first-order chi connectivity index (χ1) is 17.4. The van der Waals surface area contributed by atoms with Crippen molar-refractivity contribution in [2.24, 2.45) is 5.73 Å². The molecule has 2 fully saturated rings. The molecule has 4 heterocycles. The first-order valence-electron chi connectivity index (χ1n) is 12.2. The maximum absolute atomic E-state index is 12.2. The molecule has 5 rings (SSSR count). The summed E-state index contributed by atoms with van der Waals surface area (Å²) >= 11 is 1.72. The van der Waals surface area contributed by atoms with Gasteiger partial charge < -0.3 is 31.4 Å². The van der Waals surface area contributed by atoms with Gasteiger partial charge in [-0.15, -0.1) is 11.3 Å². The summed E-state index contributed by atoms with van der Waals surface area (Å²) in [5.74, 6) is 1.49. The molecule has 0 saturated carbocycles. The van der Waals surface area contributed by atoms with E-state index in [0.717, 1.165) is 54.3 Å². The number of carbonyl (C=O) groups excluding carboxylic acids is 1. The van der Waals surface area contributed by atoms with E-state index in [4.69, 9.17) is 31.6 Å². The summed E-state index contributed by atoms with van der Waals surface area (Å²) in [6, 6.07) is 7.25. The maximum Gasteiger partial charge on any atom is 0.239 e. The smallest absolute Gasteiger partial charge is 0.239 e. The van der Waals surface area contributed by atoms with Gasteiger partial charge in [-0.3, -0.25) is 9.69 Å². The van der Waals surface area contributed by atoms with Crippen molar-refractivity contribution in [2.75, 3.05) is 63.1 Å². The van der Waals surface area contributed by atoms with Gasteiger partial charge in [0.15, 0.2) is 11.6 Å². The Morgan fingerprint density at radius 2 is 1.94 bits per heavy atom. The summed E-state index contributed by atoms with van der Waals surface area (Å²) in [5, 5.41) is 7.88. The summed E-state index contributed by atoms with van der Waals surface area (Å²) in [6.45, 7) is 8.39. The van der Waals surface area contributed by atoms with Crippen molar-refractivity contribution >= 4 is 45.2 Å². The summed E-state index contributed by atoms with van der Waals surface area (Å²) in [6.07, 6.45) is 1.27. The van der Waals surface area contributed by atoms with E-state index < -0.39 is 6.04 Å². The minimum Gasteiger partial charge on any atom is -0.398 e. The molecule has 3 aromatic rings. The highest BCUT2D eigenvalue weighted by Crippen LogP contribution is 2.36. The molecule has 0 unspecified atom stereocenters. The molecule has 1 aromatic carbocycles. The SMILES string of the molecule is C[C@H](N)C(=O)N1CCN(Cc2cc3nc(-c4cccc(N)c4C=N)nc(N4CCOCC4)c3s2)CC1. The standard InChI is InChI=1S/C25H32N8O2S/c1-16(27)25(34)33-7-5-31(6-8-33)15-17-13-21-22(36-17)24(32-9-11-35-12-10-32)30-23(29-21)18-3-2-4-20(28)19(18)14-26/h2-4,13-14,16,26H,5-12,15,27-28H2,1H3/t16-/m0/s1. The molecule has 5 N–H and O–H groups in total.